The Bertz CT molecular complexity index is 1180. The van der Waals surface area contributed by atoms with Crippen LogP contribution in [-0.4, -0.2) is 67.9 Å². The number of alkyl halides is 5. The van der Waals surface area contributed by atoms with Crippen molar-refractivity contribution in [3.8, 4) is 0 Å². The van der Waals surface area contributed by atoms with Crippen LogP contribution in [0.5, 0.6) is 0 Å². The topological polar surface area (TPSA) is 114 Å². The average molecular weight is 505 g/mol. The molecule has 34 heavy (non-hydrogen) atoms. The quantitative estimate of drug-likeness (QED) is 0.528. The second-order valence-corrected chi connectivity index (χ2v) is 8.77. The molecule has 184 valence electrons. The van der Waals surface area contributed by atoms with Crippen molar-refractivity contribution in [3.05, 3.63) is 45.9 Å². The van der Waals surface area contributed by atoms with Gasteiger partial charge in [0, 0.05) is 29.6 Å². The average Bonchev–Trinajstić information content (AvgIpc) is 3.36. The van der Waals surface area contributed by atoms with Crippen molar-refractivity contribution in [2.75, 3.05) is 13.1 Å². The molecule has 4 rings (SSSR count). The second kappa shape index (κ2) is 9.62. The number of hydrogen-bond acceptors (Lipinski definition) is 6. The number of carbonyl (C=O) groups excluding carboxylic acids is 1. The van der Waals surface area contributed by atoms with E-state index >= 15 is 0 Å². The molecule has 1 amide bonds. The Kier molecular flexibility index (Phi) is 7.21. The molecular formula is C20H20F5N5O3S. The Labute approximate surface area is 193 Å². The summed E-state index contributed by atoms with van der Waals surface area (Å²) < 4.78 is 61.2. The molecule has 4 heterocycles. The highest BCUT2D eigenvalue weighted by Gasteiger charge is 2.41. The summed E-state index contributed by atoms with van der Waals surface area (Å²) in [5.41, 5.74) is 7.27. The summed E-state index contributed by atoms with van der Waals surface area (Å²) in [6, 6.07) is 4.84. The number of hydrogen-bond donors (Lipinski definition) is 2. The standard InChI is InChI=1S/C18H19F2N5OS.C2HF3O2/c1-11-5-14(17(26)24-8-12(21)6-18(19,20)10-24)15-7-22-25(16(15)23-11)9-13-3-2-4-27-13;3-2(4,5)1(6)7/h2-5,7,12H,6,8-10,21H2,1H3;(H,6,7). The van der Waals surface area contributed by atoms with Crippen LogP contribution in [0.3, 0.4) is 0 Å². The lowest BCUT2D eigenvalue weighted by atomic mass is 10.0. The summed E-state index contributed by atoms with van der Waals surface area (Å²) >= 11 is 1.61. The molecule has 1 unspecified atom stereocenters. The van der Waals surface area contributed by atoms with Crippen molar-refractivity contribution in [1.29, 1.82) is 0 Å². The van der Waals surface area contributed by atoms with Gasteiger partial charge in [-0.1, -0.05) is 6.07 Å². The number of piperidine rings is 1. The number of aryl methyl sites for hydroxylation is 1. The zero-order valence-electron chi connectivity index (χ0n) is 17.7. The number of carboxylic acids is 1. The van der Waals surface area contributed by atoms with E-state index in [1.165, 1.54) is 0 Å². The molecule has 0 saturated carbocycles. The maximum atomic E-state index is 13.9. The highest BCUT2D eigenvalue weighted by atomic mass is 32.1. The van der Waals surface area contributed by atoms with Crippen molar-refractivity contribution in [1.82, 2.24) is 19.7 Å². The zero-order valence-corrected chi connectivity index (χ0v) is 18.5. The number of pyridine rings is 1. The van der Waals surface area contributed by atoms with E-state index in [0.29, 0.717) is 28.8 Å². The predicted molar refractivity (Wildman–Crippen MR) is 113 cm³/mol. The van der Waals surface area contributed by atoms with Crippen LogP contribution in [0.1, 0.15) is 27.3 Å². The van der Waals surface area contributed by atoms with Gasteiger partial charge in [0.1, 0.15) is 0 Å². The minimum atomic E-state index is -5.08. The first kappa shape index (κ1) is 25.5. The van der Waals surface area contributed by atoms with Gasteiger partial charge >= 0.3 is 12.1 Å². The monoisotopic (exact) mass is 505 g/mol. The van der Waals surface area contributed by atoms with Gasteiger partial charge in [0.2, 0.25) is 0 Å². The van der Waals surface area contributed by atoms with E-state index in [0.717, 1.165) is 9.78 Å². The summed E-state index contributed by atoms with van der Waals surface area (Å²) in [4.78, 5) is 28.7. The number of aromatic nitrogens is 3. The number of carboxylic acid groups (broad SMARTS) is 1. The Morgan fingerprint density at radius 2 is 2.03 bits per heavy atom. The van der Waals surface area contributed by atoms with E-state index in [9.17, 15) is 26.7 Å². The number of amides is 1. The third-order valence-corrected chi connectivity index (χ3v) is 5.68. The number of halogens is 5. The van der Waals surface area contributed by atoms with Crippen molar-refractivity contribution in [2.24, 2.45) is 5.73 Å². The third-order valence-electron chi connectivity index (χ3n) is 4.82. The number of nitrogens with zero attached hydrogens (tertiary/aromatic N) is 4. The maximum absolute atomic E-state index is 13.9. The van der Waals surface area contributed by atoms with Crippen LogP contribution in [0, 0.1) is 6.92 Å². The smallest absolute Gasteiger partial charge is 0.475 e. The van der Waals surface area contributed by atoms with Crippen LogP contribution in [0.2, 0.25) is 0 Å². The van der Waals surface area contributed by atoms with Crippen LogP contribution in [0.25, 0.3) is 11.0 Å². The molecule has 14 heteroatoms. The number of thiophene rings is 1. The molecular weight excluding hydrogens is 485 g/mol. The SMILES string of the molecule is Cc1cc(C(=O)N2CC(N)CC(F)(F)C2)c2cnn(Cc3cccs3)c2n1.O=C(O)C(F)(F)F. The molecule has 3 aromatic rings. The van der Waals surface area contributed by atoms with Gasteiger partial charge in [-0.25, -0.2) is 23.2 Å². The van der Waals surface area contributed by atoms with Crippen molar-refractivity contribution >= 4 is 34.2 Å². The maximum Gasteiger partial charge on any atom is 0.490 e. The van der Waals surface area contributed by atoms with Gasteiger partial charge < -0.3 is 15.7 Å². The van der Waals surface area contributed by atoms with Crippen LogP contribution >= 0.6 is 11.3 Å². The molecule has 0 aromatic carbocycles. The van der Waals surface area contributed by atoms with Crippen LogP contribution in [0.4, 0.5) is 22.0 Å². The largest absolute Gasteiger partial charge is 0.490 e. The fourth-order valence-electron chi connectivity index (χ4n) is 3.48. The second-order valence-electron chi connectivity index (χ2n) is 7.74. The Morgan fingerprint density at radius 3 is 2.59 bits per heavy atom. The molecule has 0 radical (unpaired) electrons. The van der Waals surface area contributed by atoms with E-state index < -0.39 is 43.0 Å². The van der Waals surface area contributed by atoms with Gasteiger partial charge in [0.05, 0.1) is 30.2 Å². The predicted octanol–water partition coefficient (Wildman–Crippen LogP) is 3.29. The number of aliphatic carboxylic acids is 1. The van der Waals surface area contributed by atoms with E-state index in [2.05, 4.69) is 10.1 Å². The first-order chi connectivity index (χ1) is 15.8. The molecule has 8 nitrogen and oxygen atoms in total. The molecule has 1 aliphatic heterocycles. The summed E-state index contributed by atoms with van der Waals surface area (Å²) in [5, 5.41) is 14.0. The lowest BCUT2D eigenvalue weighted by Gasteiger charge is -2.36. The van der Waals surface area contributed by atoms with Crippen molar-refractivity contribution in [2.45, 2.75) is 38.0 Å². The fraction of sp³-hybridized carbons (Fsp3) is 0.400. The molecule has 1 fully saturated rings. The molecule has 3 N–H and O–H groups in total. The first-order valence-electron chi connectivity index (χ1n) is 9.85. The lowest BCUT2D eigenvalue weighted by molar-refractivity contribution is -0.192. The zero-order chi connectivity index (χ0) is 25.3. The van der Waals surface area contributed by atoms with Gasteiger partial charge in [-0.3, -0.25) is 4.79 Å². The van der Waals surface area contributed by atoms with E-state index in [1.807, 2.05) is 17.5 Å². The van der Waals surface area contributed by atoms with E-state index in [4.69, 9.17) is 15.6 Å². The highest BCUT2D eigenvalue weighted by Crippen LogP contribution is 2.29. The Hall–Kier alpha value is -3.13. The number of fused-ring (bicyclic) bond motifs is 1. The summed E-state index contributed by atoms with van der Waals surface area (Å²) in [6.07, 6.45) is -3.91. The molecule has 1 saturated heterocycles. The van der Waals surface area contributed by atoms with Crippen molar-refractivity contribution < 1.29 is 36.6 Å². The Balaban J connectivity index is 0.000000406. The van der Waals surface area contributed by atoms with E-state index in [-0.39, 0.29) is 6.54 Å². The fourth-order valence-corrected chi connectivity index (χ4v) is 4.17. The van der Waals surface area contributed by atoms with Crippen LogP contribution < -0.4 is 5.73 Å². The van der Waals surface area contributed by atoms with Crippen LogP contribution in [0.15, 0.2) is 29.8 Å². The first-order valence-corrected chi connectivity index (χ1v) is 10.7. The molecule has 0 bridgehead atoms. The number of carbonyl (C=O) groups is 2. The molecule has 0 spiro atoms. The minimum Gasteiger partial charge on any atom is -0.475 e. The van der Waals surface area contributed by atoms with E-state index in [1.54, 1.807) is 35.2 Å². The van der Waals surface area contributed by atoms with Gasteiger partial charge in [0.15, 0.2) is 5.65 Å². The number of likely N-dealkylation sites (tertiary alicyclic amines) is 1. The van der Waals surface area contributed by atoms with Gasteiger partial charge in [-0.2, -0.15) is 18.3 Å². The summed E-state index contributed by atoms with van der Waals surface area (Å²) in [7, 11) is 0. The summed E-state index contributed by atoms with van der Waals surface area (Å²) in [6.45, 7) is 1.81. The molecule has 3 aromatic heterocycles. The molecule has 0 aliphatic carbocycles. The third kappa shape index (κ3) is 6.05. The lowest BCUT2D eigenvalue weighted by Crippen LogP contribution is -2.54. The number of nitrogens with two attached hydrogens (primary N) is 1. The van der Waals surface area contributed by atoms with Gasteiger partial charge in [0.25, 0.3) is 11.8 Å². The highest BCUT2D eigenvalue weighted by molar-refractivity contribution is 7.09. The summed E-state index contributed by atoms with van der Waals surface area (Å²) in [5.74, 6) is -6.19. The molecule has 1 atom stereocenters. The Morgan fingerprint density at radius 1 is 1.35 bits per heavy atom. The normalized spacial score (nSPS) is 17.9. The van der Waals surface area contributed by atoms with Gasteiger partial charge in [-0.15, -0.1) is 11.3 Å². The van der Waals surface area contributed by atoms with Crippen molar-refractivity contribution in [3.63, 3.8) is 0 Å². The van der Waals surface area contributed by atoms with Gasteiger partial charge in [-0.05, 0) is 24.4 Å². The van der Waals surface area contributed by atoms with Crippen LogP contribution in [-0.2, 0) is 11.3 Å². The molecule has 1 aliphatic rings. The number of rotatable bonds is 3. The minimum absolute atomic E-state index is 0.112.